The summed E-state index contributed by atoms with van der Waals surface area (Å²) < 4.78 is 11.8. The number of rotatable bonds is 4. The van der Waals surface area contributed by atoms with Gasteiger partial charge in [0.15, 0.2) is 5.58 Å². The van der Waals surface area contributed by atoms with E-state index in [1.807, 2.05) is 11.3 Å². The molecule has 0 unspecified atom stereocenters. The van der Waals surface area contributed by atoms with Crippen LogP contribution in [0.3, 0.4) is 0 Å². The van der Waals surface area contributed by atoms with Crippen LogP contribution in [0.15, 0.2) is 168 Å². The summed E-state index contributed by atoms with van der Waals surface area (Å²) in [6, 6.07) is 58.7. The van der Waals surface area contributed by atoms with Crippen molar-refractivity contribution in [3.63, 3.8) is 0 Å². The minimum atomic E-state index is 0.915. The van der Waals surface area contributed by atoms with Gasteiger partial charge in [-0.3, -0.25) is 0 Å². The van der Waals surface area contributed by atoms with Crippen LogP contribution in [0.4, 0.5) is 0 Å². The molecule has 10 aromatic rings. The summed E-state index contributed by atoms with van der Waals surface area (Å²) in [5.74, 6) is 0. The Morgan fingerprint density at radius 1 is 0.426 bits per heavy atom. The second kappa shape index (κ2) is 10.3. The number of fused-ring (bicyclic) bond motifs is 8. The first kappa shape index (κ1) is 26.3. The van der Waals surface area contributed by atoms with Crippen LogP contribution >= 0.6 is 11.3 Å². The summed E-state index contributed by atoms with van der Waals surface area (Å²) in [4.78, 5) is 0. The molecule has 0 atom stereocenters. The molecule has 7 aromatic carbocycles. The van der Waals surface area contributed by atoms with Crippen molar-refractivity contribution in [3.8, 4) is 39.1 Å². The molecule has 0 aliphatic carbocycles. The summed E-state index contributed by atoms with van der Waals surface area (Å²) >= 11 is 1.87. The van der Waals surface area contributed by atoms with Crippen molar-refractivity contribution in [1.82, 2.24) is 4.57 Å². The molecule has 0 radical (unpaired) electrons. The molecule has 0 fully saturated rings. The van der Waals surface area contributed by atoms with Crippen molar-refractivity contribution in [3.05, 3.63) is 164 Å². The van der Waals surface area contributed by atoms with E-state index in [4.69, 9.17) is 4.42 Å². The lowest BCUT2D eigenvalue weighted by atomic mass is 9.96. The van der Waals surface area contributed by atoms with Gasteiger partial charge in [0.25, 0.3) is 0 Å². The molecule has 3 aromatic heterocycles. The number of furan rings is 1. The minimum absolute atomic E-state index is 0.915. The second-order valence-electron chi connectivity index (χ2n) is 12.1. The summed E-state index contributed by atoms with van der Waals surface area (Å²) in [6.07, 6.45) is 0. The van der Waals surface area contributed by atoms with E-state index in [1.165, 1.54) is 42.4 Å². The summed E-state index contributed by atoms with van der Waals surface area (Å²) in [6.45, 7) is 0. The van der Waals surface area contributed by atoms with Crippen LogP contribution in [0.2, 0.25) is 0 Å². The third kappa shape index (κ3) is 4.04. The first-order valence-corrected chi connectivity index (χ1v) is 16.7. The topological polar surface area (TPSA) is 18.1 Å². The predicted octanol–water partition coefficient (Wildman–Crippen LogP) is 12.9. The Bertz CT molecular complexity index is 2780. The van der Waals surface area contributed by atoms with Crippen LogP contribution in [-0.2, 0) is 0 Å². The van der Waals surface area contributed by atoms with E-state index in [9.17, 15) is 0 Å². The maximum absolute atomic E-state index is 6.84. The molecule has 47 heavy (non-hydrogen) atoms. The lowest BCUT2D eigenvalue weighted by molar-refractivity contribution is 0.674. The largest absolute Gasteiger partial charge is 0.453 e. The van der Waals surface area contributed by atoms with Gasteiger partial charge in [0, 0.05) is 42.2 Å². The van der Waals surface area contributed by atoms with Crippen molar-refractivity contribution >= 4 is 64.5 Å². The first-order chi connectivity index (χ1) is 23.3. The molecule has 3 heterocycles. The molecule has 0 aliphatic rings. The van der Waals surface area contributed by atoms with Gasteiger partial charge in [-0.25, -0.2) is 0 Å². The maximum atomic E-state index is 6.84. The molecule has 0 amide bonds. The fourth-order valence-electron chi connectivity index (χ4n) is 7.25. The maximum Gasteiger partial charge on any atom is 0.161 e. The second-order valence-corrected chi connectivity index (χ2v) is 13.1. The molecule has 0 saturated heterocycles. The van der Waals surface area contributed by atoms with Crippen LogP contribution in [0.5, 0.6) is 0 Å². The van der Waals surface area contributed by atoms with E-state index < -0.39 is 0 Å². The standard InChI is InChI=1S/C44H27NOS/c1-3-12-28(13-4-1)29-24-25-40-38(27-29)35-21-11-20-34(44(35)47-40)31-15-9-14-30(26-31)33-19-10-22-37-41-43(46-42(33)37)36-18-7-8-23-39(36)45(41)32-16-5-2-6-17-32/h1-27H. The monoisotopic (exact) mass is 617 g/mol. The normalized spacial score (nSPS) is 11.8. The number of para-hydroxylation sites is 3. The quantitative estimate of drug-likeness (QED) is 0.192. The zero-order valence-corrected chi connectivity index (χ0v) is 26.2. The smallest absolute Gasteiger partial charge is 0.161 e. The zero-order chi connectivity index (χ0) is 30.9. The Labute approximate surface area is 275 Å². The zero-order valence-electron chi connectivity index (χ0n) is 25.4. The predicted molar refractivity (Wildman–Crippen MR) is 200 cm³/mol. The highest BCUT2D eigenvalue weighted by molar-refractivity contribution is 7.26. The average molecular weight is 618 g/mol. The van der Waals surface area contributed by atoms with Crippen molar-refractivity contribution in [2.24, 2.45) is 0 Å². The summed E-state index contributed by atoms with van der Waals surface area (Å²) in [7, 11) is 0. The van der Waals surface area contributed by atoms with Crippen LogP contribution < -0.4 is 0 Å². The van der Waals surface area contributed by atoms with Crippen LogP contribution in [0.25, 0.3) is 92.2 Å². The van der Waals surface area contributed by atoms with Crippen LogP contribution in [0.1, 0.15) is 0 Å². The minimum Gasteiger partial charge on any atom is -0.453 e. The Kier molecular flexibility index (Phi) is 5.78. The highest BCUT2D eigenvalue weighted by atomic mass is 32.1. The number of hydrogen-bond acceptors (Lipinski definition) is 2. The number of hydrogen-bond donors (Lipinski definition) is 0. The van der Waals surface area contributed by atoms with E-state index in [2.05, 4.69) is 168 Å². The van der Waals surface area contributed by atoms with Gasteiger partial charge in [0.2, 0.25) is 0 Å². The Morgan fingerprint density at radius 2 is 1.09 bits per heavy atom. The Balaban J connectivity index is 1.15. The highest BCUT2D eigenvalue weighted by Gasteiger charge is 2.21. The van der Waals surface area contributed by atoms with Crippen molar-refractivity contribution in [1.29, 1.82) is 0 Å². The molecule has 0 bridgehead atoms. The van der Waals surface area contributed by atoms with E-state index in [-0.39, 0.29) is 0 Å². The van der Waals surface area contributed by atoms with E-state index in [0.717, 1.165) is 49.8 Å². The van der Waals surface area contributed by atoms with E-state index in [1.54, 1.807) is 0 Å². The molecule has 0 aliphatic heterocycles. The molecule has 0 saturated carbocycles. The van der Waals surface area contributed by atoms with Crippen LogP contribution in [0, 0.1) is 0 Å². The SMILES string of the molecule is c1ccc(-c2ccc3sc4c(-c5cccc(-c6cccc7c6oc6c8ccccc8n(-c8ccccc8)c76)c5)cccc4c3c2)cc1. The van der Waals surface area contributed by atoms with Crippen molar-refractivity contribution < 1.29 is 4.42 Å². The highest BCUT2D eigenvalue weighted by Crippen LogP contribution is 2.44. The lowest BCUT2D eigenvalue weighted by Crippen LogP contribution is -1.92. The van der Waals surface area contributed by atoms with Gasteiger partial charge in [0.05, 0.1) is 5.52 Å². The van der Waals surface area contributed by atoms with Crippen molar-refractivity contribution in [2.45, 2.75) is 0 Å². The summed E-state index contributed by atoms with van der Waals surface area (Å²) in [5, 5.41) is 4.84. The van der Waals surface area contributed by atoms with Gasteiger partial charge in [0.1, 0.15) is 11.1 Å². The number of thiophene rings is 1. The number of aromatic nitrogens is 1. The molecule has 10 rings (SSSR count). The fourth-order valence-corrected chi connectivity index (χ4v) is 8.47. The Hall–Kier alpha value is -5.90. The molecule has 0 N–H and O–H groups in total. The van der Waals surface area contributed by atoms with Crippen molar-refractivity contribution in [2.75, 3.05) is 0 Å². The number of nitrogens with zero attached hydrogens (tertiary/aromatic N) is 1. The van der Waals surface area contributed by atoms with Gasteiger partial charge < -0.3 is 8.98 Å². The van der Waals surface area contributed by atoms with Gasteiger partial charge in [-0.05, 0) is 76.3 Å². The Morgan fingerprint density at radius 3 is 1.94 bits per heavy atom. The molecular formula is C44H27NOS. The molecule has 220 valence electrons. The number of benzene rings is 7. The lowest BCUT2D eigenvalue weighted by Gasteiger charge is -2.09. The molecule has 0 spiro atoms. The summed E-state index contributed by atoms with van der Waals surface area (Å²) in [5.41, 5.74) is 12.4. The third-order valence-electron chi connectivity index (χ3n) is 9.41. The van der Waals surface area contributed by atoms with E-state index >= 15 is 0 Å². The fraction of sp³-hybridized carbons (Fsp3) is 0. The average Bonchev–Trinajstić information content (AvgIpc) is 3.81. The van der Waals surface area contributed by atoms with E-state index in [0.29, 0.717) is 0 Å². The molecule has 2 nitrogen and oxygen atoms in total. The van der Waals surface area contributed by atoms with Gasteiger partial charge in [-0.1, -0.05) is 115 Å². The third-order valence-corrected chi connectivity index (χ3v) is 10.6. The van der Waals surface area contributed by atoms with Gasteiger partial charge in [-0.15, -0.1) is 11.3 Å². The first-order valence-electron chi connectivity index (χ1n) is 15.9. The molecule has 3 heteroatoms. The van der Waals surface area contributed by atoms with Crippen LogP contribution in [-0.4, -0.2) is 4.57 Å². The van der Waals surface area contributed by atoms with Gasteiger partial charge in [-0.2, -0.15) is 0 Å². The van der Waals surface area contributed by atoms with Gasteiger partial charge >= 0.3 is 0 Å². The molecular weight excluding hydrogens is 591 g/mol.